The topological polar surface area (TPSA) is 72.3 Å². The zero-order valence-electron chi connectivity index (χ0n) is 13.7. The zero-order chi connectivity index (χ0) is 17.9. The third-order valence-corrected chi connectivity index (χ3v) is 3.89. The number of halogens is 1. The monoisotopic (exact) mass is 350 g/mol. The quantitative estimate of drug-likeness (QED) is 0.601. The predicted molar refractivity (Wildman–Crippen MR) is 93.9 cm³/mol. The van der Waals surface area contributed by atoms with E-state index in [1.807, 2.05) is 30.3 Å². The van der Waals surface area contributed by atoms with Gasteiger partial charge in [-0.05, 0) is 6.07 Å². The average Bonchev–Trinajstić information content (AvgIpc) is 3.09. The van der Waals surface area contributed by atoms with E-state index in [2.05, 4.69) is 15.1 Å². The molecule has 0 aliphatic rings. The van der Waals surface area contributed by atoms with Crippen molar-refractivity contribution in [1.29, 1.82) is 0 Å². The molecular weight excluding hydrogens is 335 g/mol. The zero-order valence-corrected chi connectivity index (χ0v) is 13.7. The van der Waals surface area contributed by atoms with Crippen LogP contribution in [-0.2, 0) is 18.0 Å². The fourth-order valence-corrected chi connectivity index (χ4v) is 2.61. The molecule has 0 amide bonds. The third-order valence-electron chi connectivity index (χ3n) is 3.89. The van der Waals surface area contributed by atoms with E-state index in [9.17, 15) is 9.18 Å². The summed E-state index contributed by atoms with van der Waals surface area (Å²) in [6, 6.07) is 17.2. The summed E-state index contributed by atoms with van der Waals surface area (Å²) in [5, 5.41) is 4.23. The molecule has 4 rings (SSSR count). The highest BCUT2D eigenvalue weighted by atomic mass is 19.1. The Morgan fingerprint density at radius 3 is 2.62 bits per heavy atom. The molecule has 1 N–H and O–H groups in total. The van der Waals surface area contributed by atoms with E-state index in [-0.39, 0.29) is 24.6 Å². The lowest BCUT2D eigenvalue weighted by Crippen LogP contribution is -2.16. The molecule has 2 heterocycles. The number of rotatable bonds is 5. The molecule has 0 radical (unpaired) electrons. The van der Waals surface area contributed by atoms with Crippen molar-refractivity contribution in [3.05, 3.63) is 88.1 Å². The maximum absolute atomic E-state index is 13.6. The lowest BCUT2D eigenvalue weighted by Gasteiger charge is -2.05. The number of H-pyrrole nitrogens is 1. The van der Waals surface area contributed by atoms with Crippen LogP contribution < -0.4 is 5.56 Å². The number of aromatic nitrogens is 4. The molecule has 130 valence electrons. The fraction of sp³-hybridized carbons (Fsp3) is 0.105. The number of nitrogens with one attached hydrogen (secondary N) is 1. The standard InChI is InChI=1S/C19H15FN4O2/c20-16-9-5-4-8-14(16)11-26-12-15-10-17(25)24-19(21-15)22-18(23-24)13-6-2-1-3-7-13/h1-10H,11-12H2,(H,21,22,23). The van der Waals surface area contributed by atoms with Crippen LogP contribution in [0.25, 0.3) is 17.2 Å². The maximum Gasteiger partial charge on any atom is 0.275 e. The predicted octanol–water partition coefficient (Wildman–Crippen LogP) is 2.94. The van der Waals surface area contributed by atoms with Crippen LogP contribution in [-0.4, -0.2) is 19.6 Å². The number of fused-ring (bicyclic) bond motifs is 1. The SMILES string of the molecule is O=c1cc(COCc2ccccc2F)[nH]c2nc(-c3ccccc3)nn12. The normalized spacial score (nSPS) is 11.1. The van der Waals surface area contributed by atoms with E-state index in [4.69, 9.17) is 4.74 Å². The molecule has 0 bridgehead atoms. The summed E-state index contributed by atoms with van der Waals surface area (Å²) >= 11 is 0. The molecule has 2 aromatic heterocycles. The van der Waals surface area contributed by atoms with Crippen LogP contribution in [0.2, 0.25) is 0 Å². The largest absolute Gasteiger partial charge is 0.370 e. The van der Waals surface area contributed by atoms with Crippen molar-refractivity contribution in [2.45, 2.75) is 13.2 Å². The minimum atomic E-state index is -0.318. The summed E-state index contributed by atoms with van der Waals surface area (Å²) in [6.07, 6.45) is 0. The summed E-state index contributed by atoms with van der Waals surface area (Å²) < 4.78 is 20.3. The second-order valence-corrected chi connectivity index (χ2v) is 5.75. The Kier molecular flexibility index (Phi) is 4.28. The first-order chi connectivity index (χ1) is 12.7. The van der Waals surface area contributed by atoms with Crippen molar-refractivity contribution in [2.75, 3.05) is 0 Å². The van der Waals surface area contributed by atoms with Gasteiger partial charge in [0.2, 0.25) is 5.78 Å². The van der Waals surface area contributed by atoms with Crippen molar-refractivity contribution in [2.24, 2.45) is 0 Å². The Morgan fingerprint density at radius 1 is 1.04 bits per heavy atom. The van der Waals surface area contributed by atoms with Gasteiger partial charge in [-0.1, -0.05) is 48.5 Å². The first-order valence-electron chi connectivity index (χ1n) is 8.06. The summed E-state index contributed by atoms with van der Waals surface area (Å²) in [7, 11) is 0. The molecule has 0 unspecified atom stereocenters. The van der Waals surface area contributed by atoms with Gasteiger partial charge in [-0.2, -0.15) is 9.50 Å². The van der Waals surface area contributed by atoms with Crippen molar-refractivity contribution in [1.82, 2.24) is 19.6 Å². The van der Waals surface area contributed by atoms with Gasteiger partial charge in [-0.3, -0.25) is 4.79 Å². The van der Waals surface area contributed by atoms with Crippen LogP contribution >= 0.6 is 0 Å². The van der Waals surface area contributed by atoms with Crippen molar-refractivity contribution in [3.63, 3.8) is 0 Å². The average molecular weight is 350 g/mol. The van der Waals surface area contributed by atoms with E-state index in [1.165, 1.54) is 16.6 Å². The third kappa shape index (κ3) is 3.25. The molecule has 7 heteroatoms. The molecular formula is C19H15FN4O2. The van der Waals surface area contributed by atoms with Gasteiger partial charge in [0.15, 0.2) is 5.82 Å². The Labute approximate surface area is 147 Å². The van der Waals surface area contributed by atoms with E-state index in [0.29, 0.717) is 22.9 Å². The van der Waals surface area contributed by atoms with E-state index < -0.39 is 0 Å². The van der Waals surface area contributed by atoms with Gasteiger partial charge in [-0.25, -0.2) is 4.39 Å². The number of benzene rings is 2. The van der Waals surface area contributed by atoms with E-state index in [1.54, 1.807) is 18.2 Å². The van der Waals surface area contributed by atoms with Crippen LogP contribution in [0.3, 0.4) is 0 Å². The molecule has 0 saturated carbocycles. The second-order valence-electron chi connectivity index (χ2n) is 5.75. The van der Waals surface area contributed by atoms with Crippen molar-refractivity contribution in [3.8, 4) is 11.4 Å². The minimum absolute atomic E-state index is 0.113. The highest BCUT2D eigenvalue weighted by Crippen LogP contribution is 2.14. The van der Waals surface area contributed by atoms with Gasteiger partial charge < -0.3 is 9.72 Å². The molecule has 0 fully saturated rings. The fourth-order valence-electron chi connectivity index (χ4n) is 2.61. The number of ether oxygens (including phenoxy) is 1. The molecule has 4 aromatic rings. The second kappa shape index (κ2) is 6.89. The number of aromatic amines is 1. The van der Waals surface area contributed by atoms with Crippen molar-refractivity contribution < 1.29 is 9.13 Å². The smallest absolute Gasteiger partial charge is 0.275 e. The maximum atomic E-state index is 13.6. The molecule has 0 aliphatic carbocycles. The molecule has 2 aromatic carbocycles. The van der Waals surface area contributed by atoms with Gasteiger partial charge >= 0.3 is 0 Å². The van der Waals surface area contributed by atoms with Crippen LogP contribution in [0.15, 0.2) is 65.5 Å². The molecule has 0 aliphatic heterocycles. The van der Waals surface area contributed by atoms with Crippen LogP contribution in [0.5, 0.6) is 0 Å². The lowest BCUT2D eigenvalue weighted by molar-refractivity contribution is 0.102. The number of hydrogen-bond donors (Lipinski definition) is 1. The number of nitrogens with zero attached hydrogens (tertiary/aromatic N) is 3. The summed E-state index contributed by atoms with van der Waals surface area (Å²) in [5.41, 5.74) is 1.52. The first-order valence-corrected chi connectivity index (χ1v) is 8.06. The van der Waals surface area contributed by atoms with Crippen LogP contribution in [0.4, 0.5) is 4.39 Å². The number of hydrogen-bond acceptors (Lipinski definition) is 4. The summed E-state index contributed by atoms with van der Waals surface area (Å²) in [6.45, 7) is 0.245. The van der Waals surface area contributed by atoms with Crippen LogP contribution in [0, 0.1) is 5.82 Å². The Balaban J connectivity index is 1.55. The molecule has 0 spiro atoms. The lowest BCUT2D eigenvalue weighted by atomic mass is 10.2. The Morgan fingerprint density at radius 2 is 1.81 bits per heavy atom. The van der Waals surface area contributed by atoms with Gasteiger partial charge in [0.25, 0.3) is 5.56 Å². The Bertz CT molecular complexity index is 1110. The van der Waals surface area contributed by atoms with Gasteiger partial charge in [0.1, 0.15) is 5.82 Å². The highest BCUT2D eigenvalue weighted by Gasteiger charge is 2.10. The van der Waals surface area contributed by atoms with Gasteiger partial charge in [0.05, 0.1) is 13.2 Å². The van der Waals surface area contributed by atoms with Gasteiger partial charge in [0, 0.05) is 22.9 Å². The van der Waals surface area contributed by atoms with Gasteiger partial charge in [-0.15, -0.1) is 5.10 Å². The van der Waals surface area contributed by atoms with E-state index in [0.717, 1.165) is 5.56 Å². The first kappa shape index (κ1) is 16.2. The highest BCUT2D eigenvalue weighted by molar-refractivity contribution is 5.56. The molecule has 0 saturated heterocycles. The molecule has 0 atom stereocenters. The molecule has 26 heavy (non-hydrogen) atoms. The summed E-state index contributed by atoms with van der Waals surface area (Å²) in [5.74, 6) is 0.477. The minimum Gasteiger partial charge on any atom is -0.370 e. The molecule has 6 nitrogen and oxygen atoms in total. The Hall–Kier alpha value is -3.32. The van der Waals surface area contributed by atoms with E-state index >= 15 is 0 Å². The van der Waals surface area contributed by atoms with Crippen molar-refractivity contribution >= 4 is 5.78 Å². The van der Waals surface area contributed by atoms with Crippen LogP contribution in [0.1, 0.15) is 11.3 Å². The summed E-state index contributed by atoms with van der Waals surface area (Å²) in [4.78, 5) is 19.7.